The zero-order valence-corrected chi connectivity index (χ0v) is 15.6. The fraction of sp³-hybridized carbons (Fsp3) is 0.250. The standard InChI is InChI=1S/C16H16Cl3NO2S/c1-11(12-3-2-4-13(17)9-12)20-7-8-23(21,22)16-10-14(18)5-6-15(16)19/h2-6,9-11,20H,7-8H2,1H3/p+1/t11-/m0/s1. The van der Waals surface area contributed by atoms with Crippen LogP contribution in [0.3, 0.4) is 0 Å². The highest BCUT2D eigenvalue weighted by Crippen LogP contribution is 2.25. The molecule has 3 nitrogen and oxygen atoms in total. The van der Waals surface area contributed by atoms with Gasteiger partial charge in [0.15, 0.2) is 9.84 Å². The van der Waals surface area contributed by atoms with Crippen LogP contribution in [-0.4, -0.2) is 20.7 Å². The van der Waals surface area contributed by atoms with Crippen molar-refractivity contribution in [1.29, 1.82) is 0 Å². The average molecular weight is 394 g/mol. The Labute approximate surface area is 151 Å². The SMILES string of the molecule is C[C@H]([NH2+]CCS(=O)(=O)c1cc(Cl)ccc1Cl)c1cccc(Cl)c1. The van der Waals surface area contributed by atoms with Crippen LogP contribution in [0, 0.1) is 0 Å². The first kappa shape index (κ1) is 18.6. The van der Waals surface area contributed by atoms with Gasteiger partial charge in [0, 0.05) is 15.6 Å². The molecule has 0 fully saturated rings. The van der Waals surface area contributed by atoms with Crippen molar-refractivity contribution in [3.63, 3.8) is 0 Å². The van der Waals surface area contributed by atoms with Crippen molar-refractivity contribution >= 4 is 44.6 Å². The second-order valence-electron chi connectivity index (χ2n) is 5.26. The highest BCUT2D eigenvalue weighted by molar-refractivity contribution is 7.91. The van der Waals surface area contributed by atoms with Gasteiger partial charge in [-0.25, -0.2) is 8.42 Å². The molecule has 0 aliphatic heterocycles. The molecule has 0 bridgehead atoms. The van der Waals surface area contributed by atoms with E-state index >= 15 is 0 Å². The molecule has 2 rings (SSSR count). The quantitative estimate of drug-likeness (QED) is 0.812. The maximum Gasteiger partial charge on any atom is 0.185 e. The normalized spacial score (nSPS) is 13.0. The van der Waals surface area contributed by atoms with Gasteiger partial charge in [0.25, 0.3) is 0 Å². The van der Waals surface area contributed by atoms with E-state index in [-0.39, 0.29) is 21.7 Å². The molecule has 1 atom stereocenters. The van der Waals surface area contributed by atoms with E-state index in [9.17, 15) is 8.42 Å². The molecule has 0 unspecified atom stereocenters. The van der Waals surface area contributed by atoms with Crippen LogP contribution in [0.25, 0.3) is 0 Å². The molecule has 0 saturated carbocycles. The zero-order valence-electron chi connectivity index (χ0n) is 12.5. The van der Waals surface area contributed by atoms with E-state index in [2.05, 4.69) is 0 Å². The molecule has 7 heteroatoms. The van der Waals surface area contributed by atoms with E-state index in [1.54, 1.807) is 6.07 Å². The van der Waals surface area contributed by atoms with Gasteiger partial charge in [-0.05, 0) is 37.3 Å². The van der Waals surface area contributed by atoms with Crippen molar-refractivity contribution in [2.45, 2.75) is 17.9 Å². The fourth-order valence-electron chi connectivity index (χ4n) is 2.22. The van der Waals surface area contributed by atoms with Gasteiger partial charge >= 0.3 is 0 Å². The summed E-state index contributed by atoms with van der Waals surface area (Å²) in [6, 6.07) is 12.1. The molecule has 0 saturated heterocycles. The third kappa shape index (κ3) is 5.10. The molecule has 0 aliphatic rings. The third-order valence-electron chi connectivity index (χ3n) is 3.51. The molecule has 0 amide bonds. The Balaban J connectivity index is 2.01. The Hall–Kier alpha value is -0.780. The molecule has 2 aromatic rings. The monoisotopic (exact) mass is 392 g/mol. The number of halogens is 3. The number of benzene rings is 2. The van der Waals surface area contributed by atoms with Crippen molar-refractivity contribution in [3.05, 3.63) is 63.1 Å². The van der Waals surface area contributed by atoms with Gasteiger partial charge in [-0.15, -0.1) is 0 Å². The number of quaternary nitrogens is 1. The van der Waals surface area contributed by atoms with Crippen molar-refractivity contribution in [1.82, 2.24) is 0 Å². The number of hydrogen-bond acceptors (Lipinski definition) is 2. The third-order valence-corrected chi connectivity index (χ3v) is 6.20. The minimum atomic E-state index is -3.47. The van der Waals surface area contributed by atoms with Gasteiger partial charge in [-0.3, -0.25) is 0 Å². The molecule has 0 spiro atoms. The lowest BCUT2D eigenvalue weighted by molar-refractivity contribution is -0.689. The summed E-state index contributed by atoms with van der Waals surface area (Å²) in [7, 11) is -3.47. The Morgan fingerprint density at radius 1 is 1.04 bits per heavy atom. The summed E-state index contributed by atoms with van der Waals surface area (Å²) in [4.78, 5) is 0.0791. The van der Waals surface area contributed by atoms with Crippen LogP contribution in [-0.2, 0) is 9.84 Å². The van der Waals surface area contributed by atoms with E-state index in [1.807, 2.05) is 36.5 Å². The number of nitrogens with two attached hydrogens (primary N) is 1. The summed E-state index contributed by atoms with van der Waals surface area (Å²) in [5, 5.41) is 3.17. The molecule has 23 heavy (non-hydrogen) atoms. The van der Waals surface area contributed by atoms with Crippen LogP contribution >= 0.6 is 34.8 Å². The topological polar surface area (TPSA) is 50.8 Å². The van der Waals surface area contributed by atoms with E-state index in [0.717, 1.165) is 5.56 Å². The van der Waals surface area contributed by atoms with Gasteiger partial charge in [-0.1, -0.05) is 46.9 Å². The fourth-order valence-corrected chi connectivity index (χ4v) is 4.47. The van der Waals surface area contributed by atoms with Gasteiger partial charge in [0.1, 0.15) is 11.8 Å². The smallest absolute Gasteiger partial charge is 0.185 e. The molecule has 0 heterocycles. The van der Waals surface area contributed by atoms with Crippen LogP contribution in [0.15, 0.2) is 47.4 Å². The first-order valence-corrected chi connectivity index (χ1v) is 9.85. The highest BCUT2D eigenvalue weighted by atomic mass is 35.5. The Kier molecular flexibility index (Phi) is 6.34. The van der Waals surface area contributed by atoms with Crippen molar-refractivity contribution in [3.8, 4) is 0 Å². The average Bonchev–Trinajstić information content (AvgIpc) is 2.49. The Morgan fingerprint density at radius 2 is 1.74 bits per heavy atom. The zero-order chi connectivity index (χ0) is 17.0. The van der Waals surface area contributed by atoms with Crippen LogP contribution < -0.4 is 5.32 Å². The molecular weight excluding hydrogens is 377 g/mol. The molecule has 0 aliphatic carbocycles. The van der Waals surface area contributed by atoms with E-state index in [1.165, 1.54) is 12.1 Å². The van der Waals surface area contributed by atoms with Crippen LogP contribution in [0.2, 0.25) is 15.1 Å². The molecular formula is C16H17Cl3NO2S+. The summed E-state index contributed by atoms with van der Waals surface area (Å²) in [5.74, 6) is -0.0159. The molecule has 2 aromatic carbocycles. The van der Waals surface area contributed by atoms with Gasteiger partial charge < -0.3 is 5.32 Å². The Bertz CT molecular complexity index is 794. The minimum absolute atomic E-state index is 0.0159. The van der Waals surface area contributed by atoms with Crippen LogP contribution in [0.4, 0.5) is 0 Å². The number of sulfone groups is 1. The largest absolute Gasteiger partial charge is 0.339 e. The number of rotatable bonds is 6. The second kappa shape index (κ2) is 7.86. The Morgan fingerprint density at radius 3 is 2.43 bits per heavy atom. The van der Waals surface area contributed by atoms with Crippen molar-refractivity contribution in [2.75, 3.05) is 12.3 Å². The van der Waals surface area contributed by atoms with Gasteiger partial charge in [-0.2, -0.15) is 0 Å². The number of hydrogen-bond donors (Lipinski definition) is 1. The predicted molar refractivity (Wildman–Crippen MR) is 95.2 cm³/mol. The maximum absolute atomic E-state index is 12.4. The molecule has 0 aromatic heterocycles. The van der Waals surface area contributed by atoms with Gasteiger partial charge in [0.05, 0.1) is 16.5 Å². The summed E-state index contributed by atoms with van der Waals surface area (Å²) >= 11 is 17.8. The highest BCUT2D eigenvalue weighted by Gasteiger charge is 2.20. The summed E-state index contributed by atoms with van der Waals surface area (Å²) < 4.78 is 24.8. The van der Waals surface area contributed by atoms with Gasteiger partial charge in [0.2, 0.25) is 0 Å². The van der Waals surface area contributed by atoms with E-state index in [0.29, 0.717) is 16.6 Å². The molecule has 2 N–H and O–H groups in total. The first-order valence-electron chi connectivity index (χ1n) is 7.06. The van der Waals surface area contributed by atoms with Crippen LogP contribution in [0.5, 0.6) is 0 Å². The van der Waals surface area contributed by atoms with Crippen LogP contribution in [0.1, 0.15) is 18.5 Å². The lowest BCUT2D eigenvalue weighted by Crippen LogP contribution is -2.85. The molecule has 124 valence electrons. The summed E-state index contributed by atoms with van der Waals surface area (Å²) in [5.41, 5.74) is 1.05. The van der Waals surface area contributed by atoms with Crippen molar-refractivity contribution < 1.29 is 13.7 Å². The first-order chi connectivity index (χ1) is 10.8. The lowest BCUT2D eigenvalue weighted by atomic mass is 10.1. The molecule has 0 radical (unpaired) electrons. The van der Waals surface area contributed by atoms with E-state index in [4.69, 9.17) is 34.8 Å². The van der Waals surface area contributed by atoms with Crippen molar-refractivity contribution in [2.24, 2.45) is 0 Å². The lowest BCUT2D eigenvalue weighted by Gasteiger charge is -2.12. The minimum Gasteiger partial charge on any atom is -0.339 e. The summed E-state index contributed by atoms with van der Waals surface area (Å²) in [6.45, 7) is 2.42. The summed E-state index contributed by atoms with van der Waals surface area (Å²) in [6.07, 6.45) is 0. The second-order valence-corrected chi connectivity index (χ2v) is 8.62. The maximum atomic E-state index is 12.4. The predicted octanol–water partition coefficient (Wildman–Crippen LogP) is 3.75. The van der Waals surface area contributed by atoms with E-state index < -0.39 is 9.84 Å².